The molecule has 0 unspecified atom stereocenters. The molecule has 5 heterocycles. The maximum atomic E-state index is 13.4. The van der Waals surface area contributed by atoms with E-state index in [0.717, 1.165) is 17.5 Å². The molecule has 1 fully saturated rings. The molecule has 6 aromatic rings. The summed E-state index contributed by atoms with van der Waals surface area (Å²) in [6, 6.07) is 21.5. The van der Waals surface area contributed by atoms with E-state index in [1.165, 1.54) is 23.4 Å². The van der Waals surface area contributed by atoms with E-state index >= 15 is 0 Å². The van der Waals surface area contributed by atoms with Crippen molar-refractivity contribution in [1.82, 2.24) is 29.1 Å². The summed E-state index contributed by atoms with van der Waals surface area (Å²) in [5.74, 6) is -0.283. The number of anilines is 1. The summed E-state index contributed by atoms with van der Waals surface area (Å²) in [6.07, 6.45) is 0.0732. The first-order valence-corrected chi connectivity index (χ1v) is 21.6. The van der Waals surface area contributed by atoms with Crippen molar-refractivity contribution in [3.8, 4) is 22.8 Å². The average molecular weight is 941 g/mol. The van der Waals surface area contributed by atoms with Gasteiger partial charge in [0.2, 0.25) is 5.91 Å². The van der Waals surface area contributed by atoms with E-state index in [2.05, 4.69) is 19.4 Å². The lowest BCUT2D eigenvalue weighted by atomic mass is 10.2. The summed E-state index contributed by atoms with van der Waals surface area (Å²) in [5.41, 5.74) is 7.11. The summed E-state index contributed by atoms with van der Waals surface area (Å²) >= 11 is 6.41. The Morgan fingerprint density at radius 1 is 0.672 bits per heavy atom. The van der Waals surface area contributed by atoms with Crippen LogP contribution < -0.4 is 10.6 Å². The Labute approximate surface area is 391 Å². The van der Waals surface area contributed by atoms with E-state index < -0.39 is 47.3 Å². The van der Waals surface area contributed by atoms with Crippen LogP contribution in [-0.2, 0) is 56.0 Å². The van der Waals surface area contributed by atoms with Crippen LogP contribution in [0.1, 0.15) is 65.8 Å². The zero-order chi connectivity index (χ0) is 48.6. The topological polar surface area (TPSA) is 231 Å². The van der Waals surface area contributed by atoms with E-state index in [4.69, 9.17) is 46.3 Å². The highest BCUT2D eigenvalue weighted by atomic mass is 35.5. The number of esters is 2. The highest BCUT2D eigenvalue weighted by Crippen LogP contribution is 2.35. The Hall–Kier alpha value is -6.96. The first-order valence-electron chi connectivity index (χ1n) is 21.2. The van der Waals surface area contributed by atoms with Crippen LogP contribution in [0, 0.1) is 0 Å². The van der Waals surface area contributed by atoms with E-state index in [-0.39, 0.29) is 31.6 Å². The fourth-order valence-electron chi connectivity index (χ4n) is 7.00. The Balaban J connectivity index is 0.000000226. The molecule has 0 aliphatic carbocycles. The van der Waals surface area contributed by atoms with Crippen molar-refractivity contribution < 1.29 is 52.4 Å². The molecule has 1 amide bonds. The molecule has 354 valence electrons. The van der Waals surface area contributed by atoms with Crippen molar-refractivity contribution in [3.05, 3.63) is 89.3 Å². The first kappa shape index (κ1) is 49.5. The molecule has 1 atom stereocenters. The molecule has 67 heavy (non-hydrogen) atoms. The van der Waals surface area contributed by atoms with Crippen LogP contribution in [0.25, 0.3) is 44.8 Å². The van der Waals surface area contributed by atoms with Gasteiger partial charge in [-0.2, -0.15) is 0 Å². The molecular formula is C47H53ClN8O11. The molecule has 1 aliphatic rings. The normalized spacial score (nSPS) is 13.8. The molecule has 0 spiro atoms. The zero-order valence-electron chi connectivity index (χ0n) is 38.5. The number of halogens is 1. The summed E-state index contributed by atoms with van der Waals surface area (Å²) in [4.78, 5) is 81.9. The zero-order valence-corrected chi connectivity index (χ0v) is 39.3. The molecule has 1 aliphatic heterocycles. The smallest absolute Gasteiger partial charge is 0.420 e. The van der Waals surface area contributed by atoms with Gasteiger partial charge in [-0.25, -0.2) is 48.2 Å². The van der Waals surface area contributed by atoms with Crippen molar-refractivity contribution in [2.45, 2.75) is 84.8 Å². The minimum Gasteiger partial charge on any atom is -0.467 e. The van der Waals surface area contributed by atoms with Crippen LogP contribution in [0.5, 0.6) is 0 Å². The number of nitrogens with zero attached hydrogens (tertiary/aromatic N) is 7. The minimum atomic E-state index is -0.776. The molecule has 0 saturated carbocycles. The summed E-state index contributed by atoms with van der Waals surface area (Å²) in [7, 11) is 2.53. The van der Waals surface area contributed by atoms with Gasteiger partial charge in [-0.1, -0.05) is 72.3 Å². The number of fused-ring (bicyclic) bond motifs is 2. The number of hydrogen-bond acceptors (Lipinski definition) is 16. The number of hydrogen-bond donors (Lipinski definition) is 1. The van der Waals surface area contributed by atoms with Crippen molar-refractivity contribution in [1.29, 1.82) is 0 Å². The Morgan fingerprint density at radius 2 is 1.12 bits per heavy atom. The predicted octanol–water partition coefficient (Wildman–Crippen LogP) is 7.25. The summed E-state index contributed by atoms with van der Waals surface area (Å²) in [6.45, 7) is 10.5. The molecule has 1 saturated heterocycles. The van der Waals surface area contributed by atoms with Crippen LogP contribution in [0.15, 0.2) is 72.8 Å². The summed E-state index contributed by atoms with van der Waals surface area (Å²) < 4.78 is 33.9. The molecular weight excluding hydrogens is 888 g/mol. The number of methoxy groups -OCH3 is 2. The number of aromatic nitrogens is 6. The van der Waals surface area contributed by atoms with Crippen molar-refractivity contribution in [3.63, 3.8) is 0 Å². The van der Waals surface area contributed by atoms with Gasteiger partial charge in [0.05, 0.1) is 49.6 Å². The highest BCUT2D eigenvalue weighted by molar-refractivity contribution is 6.34. The maximum absolute atomic E-state index is 13.4. The molecule has 2 N–H and O–H groups in total. The van der Waals surface area contributed by atoms with Gasteiger partial charge in [-0.3, -0.25) is 4.79 Å². The number of ether oxygens (including phenoxy) is 6. The standard InChI is InChI=1S/C26H31N5O6.C21H22ClN3O5/c1-26(2,3)37-25(34)31-17(14-36-15-20(32)35-4)13-18-23(30-12-8-11-19(30)21(27)33)28-22(29-24(18)31)16-9-6-5-7-10-16;1-21(2,3)30-20(27)25-14(11-29-12-16(26)28-4)10-15-17(22)23-18(24-19(15)25)13-8-6-5-7-9-13/h5-7,9-10,13,19H,8,11-12,14-15H2,1-4H3,(H2,27,33);5-10H,11-12H2,1-4H3/t19-;/m0./s1. The van der Waals surface area contributed by atoms with Crippen LogP contribution in [-0.4, -0.2) is 110 Å². The number of benzene rings is 2. The summed E-state index contributed by atoms with van der Waals surface area (Å²) in [5, 5.41) is 1.20. The molecule has 7 rings (SSSR count). The highest BCUT2D eigenvalue weighted by Gasteiger charge is 2.34. The van der Waals surface area contributed by atoms with Crippen LogP contribution in [0.2, 0.25) is 5.15 Å². The minimum absolute atomic E-state index is 0.0539. The fraction of sp³-hybridized carbons (Fsp3) is 0.383. The number of rotatable bonds is 12. The van der Waals surface area contributed by atoms with Crippen molar-refractivity contribution in [2.24, 2.45) is 5.73 Å². The van der Waals surface area contributed by atoms with Gasteiger partial charge in [-0.05, 0) is 66.5 Å². The second-order valence-corrected chi connectivity index (χ2v) is 17.6. The first-order chi connectivity index (χ1) is 31.8. The van der Waals surface area contributed by atoms with Gasteiger partial charge in [0.15, 0.2) is 22.9 Å². The lowest BCUT2D eigenvalue weighted by Gasteiger charge is -2.24. The van der Waals surface area contributed by atoms with E-state index in [1.807, 2.05) is 65.6 Å². The van der Waals surface area contributed by atoms with Gasteiger partial charge >= 0.3 is 24.1 Å². The number of carbonyl (C=O) groups is 5. The lowest BCUT2D eigenvalue weighted by molar-refractivity contribution is -0.147. The third-order valence-corrected chi connectivity index (χ3v) is 10.2. The lowest BCUT2D eigenvalue weighted by Crippen LogP contribution is -2.40. The number of carbonyl (C=O) groups excluding carboxylic acids is 5. The van der Waals surface area contributed by atoms with Crippen LogP contribution in [0.3, 0.4) is 0 Å². The Kier molecular flexibility index (Phi) is 15.6. The largest absolute Gasteiger partial charge is 0.467 e. The van der Waals surface area contributed by atoms with Crippen molar-refractivity contribution >= 4 is 69.5 Å². The second-order valence-electron chi connectivity index (χ2n) is 17.2. The van der Waals surface area contributed by atoms with Crippen LogP contribution >= 0.6 is 11.6 Å². The molecule has 2 aromatic carbocycles. The van der Waals surface area contributed by atoms with Crippen molar-refractivity contribution in [2.75, 3.05) is 38.9 Å². The van der Waals surface area contributed by atoms with Gasteiger partial charge in [0, 0.05) is 17.7 Å². The van der Waals surface area contributed by atoms with Gasteiger partial charge in [0.25, 0.3) is 0 Å². The third-order valence-electron chi connectivity index (χ3n) is 9.87. The van der Waals surface area contributed by atoms with E-state index in [0.29, 0.717) is 63.9 Å². The SMILES string of the molecule is COC(=O)COCc1cc2c(Cl)nc(-c3ccccc3)nc2n1C(=O)OC(C)(C)C.COC(=O)COCc1cc2c(N3CCC[C@H]3C(N)=O)nc(-c3ccccc3)nc2n1C(=O)OC(C)(C)C. The molecule has 0 radical (unpaired) electrons. The number of nitrogens with two attached hydrogens (primary N) is 1. The molecule has 4 aromatic heterocycles. The van der Waals surface area contributed by atoms with Crippen LogP contribution in [0.4, 0.5) is 15.4 Å². The Morgan fingerprint density at radius 3 is 1.57 bits per heavy atom. The maximum Gasteiger partial charge on any atom is 0.420 e. The van der Waals surface area contributed by atoms with Gasteiger partial charge < -0.3 is 39.1 Å². The van der Waals surface area contributed by atoms with Gasteiger partial charge in [0.1, 0.15) is 41.4 Å². The van der Waals surface area contributed by atoms with E-state index in [1.54, 1.807) is 53.7 Å². The monoisotopic (exact) mass is 940 g/mol. The van der Waals surface area contributed by atoms with Gasteiger partial charge in [-0.15, -0.1) is 0 Å². The fourth-order valence-corrected chi connectivity index (χ4v) is 7.22. The number of amides is 1. The molecule has 0 bridgehead atoms. The van der Waals surface area contributed by atoms with E-state index in [9.17, 15) is 24.0 Å². The Bertz CT molecular complexity index is 2760. The second kappa shape index (κ2) is 21.1. The molecule has 20 heteroatoms. The quantitative estimate of drug-likeness (QED) is 0.0723. The third kappa shape index (κ3) is 12.3. The molecule has 19 nitrogen and oxygen atoms in total. The number of primary amides is 1. The average Bonchev–Trinajstić information content (AvgIpc) is 4.02. The predicted molar refractivity (Wildman–Crippen MR) is 247 cm³/mol.